The number of nitrogens with one attached hydrogen (secondary N) is 1. The van der Waals surface area contributed by atoms with Crippen LogP contribution < -0.4 is 10.1 Å². The number of ether oxygens (including phenoxy) is 1. The third kappa shape index (κ3) is 6.26. The number of hydrazone groups is 1. The lowest BCUT2D eigenvalue weighted by Gasteiger charge is -2.22. The highest BCUT2D eigenvalue weighted by molar-refractivity contribution is 7.99. The zero-order valence-corrected chi connectivity index (χ0v) is 25.2. The molecule has 1 atom stereocenters. The van der Waals surface area contributed by atoms with Gasteiger partial charge in [0.15, 0.2) is 11.0 Å². The molecule has 12 heteroatoms. The van der Waals surface area contributed by atoms with Gasteiger partial charge in [0.2, 0.25) is 0 Å². The van der Waals surface area contributed by atoms with E-state index in [0.29, 0.717) is 34.4 Å². The molecule has 5 aromatic rings. The summed E-state index contributed by atoms with van der Waals surface area (Å²) in [5.41, 5.74) is 2.80. The molecule has 0 unspecified atom stereocenters. The summed E-state index contributed by atoms with van der Waals surface area (Å²) in [4.78, 5) is 27.5. The van der Waals surface area contributed by atoms with Crippen LogP contribution in [0.25, 0.3) is 5.69 Å². The molecule has 44 heavy (non-hydrogen) atoms. The van der Waals surface area contributed by atoms with E-state index in [0.717, 1.165) is 16.2 Å². The Kier molecular flexibility index (Phi) is 8.80. The number of thiophene rings is 1. The molecule has 9 nitrogen and oxygen atoms in total. The lowest BCUT2D eigenvalue weighted by molar-refractivity contribution is -0.130. The van der Waals surface area contributed by atoms with Gasteiger partial charge in [-0.05, 0) is 53.4 Å². The number of thioether (sulfide) groups is 1. The van der Waals surface area contributed by atoms with Gasteiger partial charge >= 0.3 is 0 Å². The van der Waals surface area contributed by atoms with Gasteiger partial charge in [-0.3, -0.25) is 14.2 Å². The molecule has 1 aliphatic heterocycles. The fourth-order valence-electron chi connectivity index (χ4n) is 4.88. The molecule has 0 spiro atoms. The summed E-state index contributed by atoms with van der Waals surface area (Å²) in [6.45, 7) is 0.0977. The summed E-state index contributed by atoms with van der Waals surface area (Å²) >= 11 is 2.77. The molecular weight excluding hydrogens is 600 g/mol. The molecule has 0 radical (unpaired) electrons. The summed E-state index contributed by atoms with van der Waals surface area (Å²) in [5, 5.41) is 20.3. The van der Waals surface area contributed by atoms with Gasteiger partial charge < -0.3 is 10.1 Å². The first-order valence-electron chi connectivity index (χ1n) is 13.7. The molecule has 0 saturated carbocycles. The Morgan fingerprint density at radius 1 is 1.00 bits per heavy atom. The maximum Gasteiger partial charge on any atom is 0.253 e. The van der Waals surface area contributed by atoms with Crippen LogP contribution in [-0.2, 0) is 11.3 Å². The number of carbonyl (C=O) groups is 2. The molecule has 6 rings (SSSR count). The summed E-state index contributed by atoms with van der Waals surface area (Å²) in [6.07, 6.45) is 0.519. The number of aromatic nitrogens is 3. The number of amides is 2. The van der Waals surface area contributed by atoms with Crippen LogP contribution >= 0.6 is 23.1 Å². The minimum Gasteiger partial charge on any atom is -0.495 e. The van der Waals surface area contributed by atoms with Gasteiger partial charge in [-0.25, -0.2) is 9.40 Å². The van der Waals surface area contributed by atoms with Crippen molar-refractivity contribution in [3.63, 3.8) is 0 Å². The van der Waals surface area contributed by atoms with Crippen LogP contribution in [0, 0.1) is 5.82 Å². The van der Waals surface area contributed by atoms with Crippen molar-refractivity contribution in [2.75, 3.05) is 12.9 Å². The lowest BCUT2D eigenvalue weighted by atomic mass is 10.0. The Hall–Kier alpha value is -4.81. The summed E-state index contributed by atoms with van der Waals surface area (Å²) in [5.74, 6) is 0.248. The van der Waals surface area contributed by atoms with Crippen LogP contribution in [0.3, 0.4) is 0 Å². The van der Waals surface area contributed by atoms with E-state index in [1.165, 1.54) is 28.9 Å². The van der Waals surface area contributed by atoms with Crippen LogP contribution in [0.1, 0.15) is 39.1 Å². The molecule has 3 aromatic carbocycles. The molecule has 0 aliphatic carbocycles. The van der Waals surface area contributed by atoms with Gasteiger partial charge in [0.1, 0.15) is 11.6 Å². The van der Waals surface area contributed by atoms with Gasteiger partial charge in [-0.15, -0.1) is 21.5 Å². The van der Waals surface area contributed by atoms with E-state index in [9.17, 15) is 14.0 Å². The summed E-state index contributed by atoms with van der Waals surface area (Å²) < 4.78 is 21.1. The molecule has 2 amide bonds. The van der Waals surface area contributed by atoms with Crippen molar-refractivity contribution >= 4 is 40.6 Å². The van der Waals surface area contributed by atoms with Crippen LogP contribution in [0.4, 0.5) is 4.39 Å². The van der Waals surface area contributed by atoms with E-state index in [4.69, 9.17) is 9.84 Å². The van der Waals surface area contributed by atoms with E-state index in [1.807, 2.05) is 47.8 Å². The quantitative estimate of drug-likeness (QED) is 0.195. The van der Waals surface area contributed by atoms with Crippen molar-refractivity contribution < 1.29 is 18.7 Å². The van der Waals surface area contributed by atoms with Crippen LogP contribution in [0.15, 0.2) is 107 Å². The Bertz CT molecular complexity index is 1790. The number of hydrogen-bond acceptors (Lipinski definition) is 8. The molecular formula is C32H27FN6O3S2. The molecule has 3 heterocycles. The van der Waals surface area contributed by atoms with Crippen molar-refractivity contribution in [2.45, 2.75) is 24.2 Å². The largest absolute Gasteiger partial charge is 0.495 e. The highest BCUT2D eigenvalue weighted by Gasteiger charge is 2.34. The third-order valence-corrected chi connectivity index (χ3v) is 8.85. The summed E-state index contributed by atoms with van der Waals surface area (Å²) in [6, 6.07) is 26.0. The van der Waals surface area contributed by atoms with Gasteiger partial charge in [0, 0.05) is 12.0 Å². The Balaban J connectivity index is 1.26. The predicted molar refractivity (Wildman–Crippen MR) is 168 cm³/mol. The third-order valence-electron chi connectivity index (χ3n) is 7.02. The van der Waals surface area contributed by atoms with Gasteiger partial charge in [-0.2, -0.15) is 5.10 Å². The fourth-order valence-corrected chi connectivity index (χ4v) is 6.42. The molecule has 2 aromatic heterocycles. The first-order valence-corrected chi connectivity index (χ1v) is 15.6. The predicted octanol–water partition coefficient (Wildman–Crippen LogP) is 5.88. The number of nitrogens with zero attached hydrogens (tertiary/aromatic N) is 5. The topological polar surface area (TPSA) is 102 Å². The maximum atomic E-state index is 13.7. The van der Waals surface area contributed by atoms with E-state index in [-0.39, 0.29) is 36.0 Å². The monoisotopic (exact) mass is 626 g/mol. The second kappa shape index (κ2) is 13.2. The number of rotatable bonds is 10. The molecule has 0 saturated heterocycles. The lowest BCUT2D eigenvalue weighted by Crippen LogP contribution is -2.28. The van der Waals surface area contributed by atoms with E-state index in [2.05, 4.69) is 15.5 Å². The van der Waals surface area contributed by atoms with Gasteiger partial charge in [0.05, 0.1) is 41.7 Å². The maximum absolute atomic E-state index is 13.7. The Labute approximate surface area is 261 Å². The highest BCUT2D eigenvalue weighted by Crippen LogP contribution is 2.35. The smallest absolute Gasteiger partial charge is 0.253 e. The van der Waals surface area contributed by atoms with Crippen molar-refractivity contribution in [2.24, 2.45) is 5.10 Å². The Morgan fingerprint density at radius 3 is 2.52 bits per heavy atom. The standard InChI is InChI=1S/C32H27FN6O3S2/c1-42-27-11-6-5-10-25(27)38-29(19-34-31(41)22-8-3-2-4-9-22)35-36-32(38)44-20-30(40)39-26(21-13-15-23(33)16-14-21)18-24(37-39)28-12-7-17-43-28/h2-17,26H,18-20H2,1H3,(H,34,41)/t26-/m1/s1. The zero-order chi connectivity index (χ0) is 30.5. The number of para-hydroxylation sites is 2. The molecule has 0 bridgehead atoms. The van der Waals surface area contributed by atoms with E-state index >= 15 is 0 Å². The number of carbonyl (C=O) groups excluding carboxylic acids is 2. The first kappa shape index (κ1) is 29.3. The normalized spacial score (nSPS) is 14.4. The minimum absolute atomic E-state index is 0.0164. The minimum atomic E-state index is -0.364. The molecule has 1 N–H and O–H groups in total. The highest BCUT2D eigenvalue weighted by atomic mass is 32.2. The van der Waals surface area contributed by atoms with Crippen LogP contribution in [-0.4, -0.2) is 50.2 Å². The molecule has 0 fully saturated rings. The molecule has 222 valence electrons. The average molecular weight is 627 g/mol. The van der Waals surface area contributed by atoms with Crippen LogP contribution in [0.2, 0.25) is 0 Å². The number of benzene rings is 3. The first-order chi connectivity index (χ1) is 21.5. The average Bonchev–Trinajstić information content (AvgIpc) is 3.83. The van der Waals surface area contributed by atoms with Crippen molar-refractivity contribution in [1.29, 1.82) is 0 Å². The van der Waals surface area contributed by atoms with Crippen molar-refractivity contribution in [3.8, 4) is 11.4 Å². The Morgan fingerprint density at radius 2 is 1.77 bits per heavy atom. The van der Waals surface area contributed by atoms with E-state index < -0.39 is 0 Å². The fraction of sp³-hybridized carbons (Fsp3) is 0.156. The number of hydrogen-bond donors (Lipinski definition) is 1. The molecule has 1 aliphatic rings. The zero-order valence-electron chi connectivity index (χ0n) is 23.6. The number of methoxy groups -OCH3 is 1. The second-order valence-corrected chi connectivity index (χ2v) is 11.7. The number of halogens is 1. The van der Waals surface area contributed by atoms with Gasteiger partial charge in [-0.1, -0.05) is 60.3 Å². The van der Waals surface area contributed by atoms with Crippen LogP contribution in [0.5, 0.6) is 5.75 Å². The van der Waals surface area contributed by atoms with Crippen molar-refractivity contribution in [1.82, 2.24) is 25.1 Å². The second-order valence-electron chi connectivity index (χ2n) is 9.78. The van der Waals surface area contributed by atoms with Gasteiger partial charge in [0.25, 0.3) is 11.8 Å². The van der Waals surface area contributed by atoms with E-state index in [1.54, 1.807) is 59.4 Å². The SMILES string of the molecule is COc1ccccc1-n1c(CNC(=O)c2ccccc2)nnc1SCC(=O)N1N=C(c2cccs2)C[C@@H]1c1ccc(F)cc1. The van der Waals surface area contributed by atoms with Crippen molar-refractivity contribution in [3.05, 3.63) is 124 Å². The summed E-state index contributed by atoms with van der Waals surface area (Å²) in [7, 11) is 1.57.